The summed E-state index contributed by atoms with van der Waals surface area (Å²) in [5.74, 6) is -1.48. The van der Waals surface area contributed by atoms with Crippen LogP contribution < -0.4 is 16.0 Å². The number of anilines is 3. The van der Waals surface area contributed by atoms with Crippen molar-refractivity contribution in [3.05, 3.63) is 100 Å². The first-order chi connectivity index (χ1) is 20.6. The van der Waals surface area contributed by atoms with Gasteiger partial charge in [0, 0.05) is 45.9 Å². The van der Waals surface area contributed by atoms with Crippen LogP contribution in [0.3, 0.4) is 0 Å². The van der Waals surface area contributed by atoms with E-state index in [1.807, 2.05) is 12.1 Å². The first-order valence-electron chi connectivity index (χ1n) is 14.3. The zero-order valence-electron chi connectivity index (χ0n) is 23.9. The minimum atomic E-state index is -1.85. The van der Waals surface area contributed by atoms with Gasteiger partial charge in [0.05, 0.1) is 24.9 Å². The van der Waals surface area contributed by atoms with Crippen molar-refractivity contribution in [2.45, 2.75) is 44.4 Å². The summed E-state index contributed by atoms with van der Waals surface area (Å²) in [6.07, 6.45) is 5.18. The number of benzene rings is 3. The fourth-order valence-electron chi connectivity index (χ4n) is 5.83. The minimum absolute atomic E-state index is 0.0561. The van der Waals surface area contributed by atoms with E-state index in [0.717, 1.165) is 22.9 Å². The Bertz CT molecular complexity index is 1560. The summed E-state index contributed by atoms with van der Waals surface area (Å²) in [7, 11) is 0. The van der Waals surface area contributed by atoms with Crippen LogP contribution in [0.15, 0.2) is 83.4 Å². The third-order valence-electron chi connectivity index (χ3n) is 8.21. The Balaban J connectivity index is 1.33. The SMILES string of the molecule is C[C@H](/C=C/CC(=O)N1CCC[C@H]1CO)[C@@]1(O)C(=O)N(Cc2cccc(NC(=O)c3ccc(N)cc3)c2)c2ccc(Br)cc21. The normalized spacial score (nSPS) is 20.5. The summed E-state index contributed by atoms with van der Waals surface area (Å²) in [6, 6.07) is 19.1. The number of hydrogen-bond donors (Lipinski definition) is 4. The molecule has 43 heavy (non-hydrogen) atoms. The molecular formula is C33H35BrN4O5. The van der Waals surface area contributed by atoms with Gasteiger partial charge in [-0.2, -0.15) is 0 Å². The second kappa shape index (κ2) is 12.7. The Morgan fingerprint density at radius 3 is 2.67 bits per heavy atom. The molecule has 2 aliphatic heterocycles. The monoisotopic (exact) mass is 646 g/mol. The van der Waals surface area contributed by atoms with Crippen molar-refractivity contribution in [1.29, 1.82) is 0 Å². The number of carbonyl (C=O) groups excluding carboxylic acids is 3. The predicted octanol–water partition coefficient (Wildman–Crippen LogP) is 4.58. The number of hydrogen-bond acceptors (Lipinski definition) is 6. The maximum Gasteiger partial charge on any atom is 0.264 e. The van der Waals surface area contributed by atoms with Gasteiger partial charge < -0.3 is 31.1 Å². The number of amides is 3. The van der Waals surface area contributed by atoms with E-state index < -0.39 is 17.4 Å². The topological polar surface area (TPSA) is 136 Å². The van der Waals surface area contributed by atoms with Crippen LogP contribution in [0.5, 0.6) is 0 Å². The zero-order chi connectivity index (χ0) is 30.7. The van der Waals surface area contributed by atoms with Gasteiger partial charge in [0.1, 0.15) is 0 Å². The molecule has 5 rings (SSSR count). The van der Waals surface area contributed by atoms with Crippen molar-refractivity contribution in [3.8, 4) is 0 Å². The molecule has 0 radical (unpaired) electrons. The Labute approximate surface area is 259 Å². The molecule has 0 aliphatic carbocycles. The van der Waals surface area contributed by atoms with Crippen molar-refractivity contribution in [2.24, 2.45) is 5.92 Å². The van der Waals surface area contributed by atoms with Crippen LogP contribution in [0.4, 0.5) is 17.1 Å². The fourth-order valence-corrected chi connectivity index (χ4v) is 6.19. The van der Waals surface area contributed by atoms with Crippen LogP contribution in [0.25, 0.3) is 0 Å². The average Bonchev–Trinajstić information content (AvgIpc) is 3.56. The quantitative estimate of drug-likeness (QED) is 0.198. The van der Waals surface area contributed by atoms with Gasteiger partial charge in [-0.3, -0.25) is 14.4 Å². The van der Waals surface area contributed by atoms with E-state index in [9.17, 15) is 24.6 Å². The van der Waals surface area contributed by atoms with Gasteiger partial charge in [0.2, 0.25) is 5.91 Å². The van der Waals surface area contributed by atoms with Gasteiger partial charge >= 0.3 is 0 Å². The van der Waals surface area contributed by atoms with Crippen molar-refractivity contribution in [3.63, 3.8) is 0 Å². The first kappa shape index (κ1) is 30.5. The fraction of sp³-hybridized carbons (Fsp3) is 0.303. The van der Waals surface area contributed by atoms with Crippen LogP contribution in [-0.4, -0.2) is 52.0 Å². The lowest BCUT2D eigenvalue weighted by atomic mass is 9.83. The molecule has 2 heterocycles. The molecule has 3 aromatic carbocycles. The molecule has 0 bridgehead atoms. The number of aliphatic hydroxyl groups is 2. The highest BCUT2D eigenvalue weighted by Crippen LogP contribution is 2.46. The van der Waals surface area contributed by atoms with Gasteiger partial charge in [-0.05, 0) is 73.0 Å². The number of nitrogens with zero attached hydrogens (tertiary/aromatic N) is 2. The average molecular weight is 648 g/mol. The number of nitrogens with two attached hydrogens (primary N) is 1. The molecule has 9 nitrogen and oxygen atoms in total. The molecule has 10 heteroatoms. The molecular weight excluding hydrogens is 612 g/mol. The Morgan fingerprint density at radius 1 is 1.16 bits per heavy atom. The van der Waals surface area contributed by atoms with Gasteiger partial charge in [-0.25, -0.2) is 0 Å². The maximum atomic E-state index is 13.9. The van der Waals surface area contributed by atoms with Gasteiger partial charge in [0.15, 0.2) is 5.60 Å². The van der Waals surface area contributed by atoms with Crippen molar-refractivity contribution < 1.29 is 24.6 Å². The van der Waals surface area contributed by atoms with E-state index >= 15 is 0 Å². The Kier molecular flexibility index (Phi) is 9.00. The van der Waals surface area contributed by atoms with Crippen LogP contribution in [0.2, 0.25) is 0 Å². The lowest BCUT2D eigenvalue weighted by Gasteiger charge is -2.28. The summed E-state index contributed by atoms with van der Waals surface area (Å²) in [4.78, 5) is 42.7. The molecule has 3 atom stereocenters. The minimum Gasteiger partial charge on any atom is -0.399 e. The molecule has 1 saturated heterocycles. The first-order valence-corrected chi connectivity index (χ1v) is 15.1. The number of nitrogens with one attached hydrogen (secondary N) is 1. The Hall–Kier alpha value is -3.99. The van der Waals surface area contributed by atoms with Crippen LogP contribution in [-0.2, 0) is 21.7 Å². The molecule has 2 aliphatic rings. The number of rotatable bonds is 9. The molecule has 0 saturated carbocycles. The van der Waals surface area contributed by atoms with Crippen molar-refractivity contribution >= 4 is 50.7 Å². The van der Waals surface area contributed by atoms with E-state index in [4.69, 9.17) is 5.73 Å². The van der Waals surface area contributed by atoms with Gasteiger partial charge in [-0.1, -0.05) is 47.1 Å². The summed E-state index contributed by atoms with van der Waals surface area (Å²) < 4.78 is 0.724. The molecule has 0 unspecified atom stereocenters. The Morgan fingerprint density at radius 2 is 1.93 bits per heavy atom. The number of likely N-dealkylation sites (tertiary alicyclic amines) is 1. The number of halogens is 1. The third-order valence-corrected chi connectivity index (χ3v) is 8.71. The zero-order valence-corrected chi connectivity index (χ0v) is 25.5. The smallest absolute Gasteiger partial charge is 0.264 e. The number of aliphatic hydroxyl groups excluding tert-OH is 1. The van der Waals surface area contributed by atoms with E-state index in [1.54, 1.807) is 83.5 Å². The van der Waals surface area contributed by atoms with E-state index in [0.29, 0.717) is 34.7 Å². The maximum absolute atomic E-state index is 13.9. The van der Waals surface area contributed by atoms with E-state index in [2.05, 4.69) is 21.2 Å². The van der Waals surface area contributed by atoms with E-state index in [1.165, 1.54) is 0 Å². The van der Waals surface area contributed by atoms with Crippen LogP contribution in [0.1, 0.15) is 47.7 Å². The second-order valence-corrected chi connectivity index (χ2v) is 12.0. The number of nitrogen functional groups attached to an aromatic ring is 1. The predicted molar refractivity (Wildman–Crippen MR) is 169 cm³/mol. The van der Waals surface area contributed by atoms with Crippen molar-refractivity contribution in [2.75, 3.05) is 29.1 Å². The number of fused-ring (bicyclic) bond motifs is 1. The standard InChI is InChI=1S/C33H35BrN4O5/c1-21(5-2-9-30(40)37-16-4-8-27(37)20-39)33(43)28-18-24(34)12-15-29(28)38(32(33)42)19-22-6-3-7-26(17-22)36-31(41)23-10-13-25(35)14-11-23/h2-3,5-7,10-15,17-18,21,27,39,43H,4,8-9,16,19-20,35H2,1H3,(H,36,41)/b5-2+/t21-,27+,33+/m1/s1. The summed E-state index contributed by atoms with van der Waals surface area (Å²) >= 11 is 3.47. The molecule has 1 fully saturated rings. The van der Waals surface area contributed by atoms with Crippen molar-refractivity contribution in [1.82, 2.24) is 4.90 Å². The third kappa shape index (κ3) is 6.22. The molecule has 0 aromatic heterocycles. The largest absolute Gasteiger partial charge is 0.399 e. The highest BCUT2D eigenvalue weighted by atomic mass is 79.9. The second-order valence-electron chi connectivity index (χ2n) is 11.1. The lowest BCUT2D eigenvalue weighted by Crippen LogP contribution is -2.44. The number of carbonyl (C=O) groups is 3. The summed E-state index contributed by atoms with van der Waals surface area (Å²) in [5, 5.41) is 24.4. The molecule has 3 amide bonds. The molecule has 0 spiro atoms. The van der Waals surface area contributed by atoms with Gasteiger partial charge in [-0.15, -0.1) is 0 Å². The highest BCUT2D eigenvalue weighted by Gasteiger charge is 2.52. The molecule has 5 N–H and O–H groups in total. The lowest BCUT2D eigenvalue weighted by molar-refractivity contribution is -0.139. The van der Waals surface area contributed by atoms with E-state index in [-0.39, 0.29) is 37.4 Å². The summed E-state index contributed by atoms with van der Waals surface area (Å²) in [5.41, 5.74) is 7.31. The highest BCUT2D eigenvalue weighted by molar-refractivity contribution is 9.10. The van der Waals surface area contributed by atoms with Crippen LogP contribution in [0, 0.1) is 5.92 Å². The molecule has 3 aromatic rings. The molecule has 224 valence electrons. The summed E-state index contributed by atoms with van der Waals surface area (Å²) in [6.45, 7) is 2.50. The van der Waals surface area contributed by atoms with Gasteiger partial charge in [0.25, 0.3) is 11.8 Å². The van der Waals surface area contributed by atoms with Crippen LogP contribution >= 0.6 is 15.9 Å².